The van der Waals surface area contributed by atoms with Gasteiger partial charge in [-0.05, 0) is 80.4 Å². The average Bonchev–Trinajstić information content (AvgIpc) is 3.35. The van der Waals surface area contributed by atoms with E-state index in [9.17, 15) is 0 Å². The van der Waals surface area contributed by atoms with Crippen molar-refractivity contribution in [3.8, 4) is 0 Å². The molecule has 0 amide bonds. The number of benzene rings is 2. The number of nitrogens with one attached hydrogen (secondary N) is 2. The van der Waals surface area contributed by atoms with Crippen LogP contribution in [0.3, 0.4) is 0 Å². The van der Waals surface area contributed by atoms with Gasteiger partial charge in [-0.2, -0.15) is 0 Å². The number of nitrogens with zero attached hydrogens (tertiary/aromatic N) is 1. The lowest BCUT2D eigenvalue weighted by Crippen LogP contribution is -2.36. The predicted octanol–water partition coefficient (Wildman–Crippen LogP) is 6.13. The fourth-order valence-electron chi connectivity index (χ4n) is 3.83. The number of thiocarbonyl (C=S) groups is 1. The zero-order chi connectivity index (χ0) is 21.1. The molecule has 2 aromatic heterocycles. The first-order chi connectivity index (χ1) is 14.5. The quantitative estimate of drug-likeness (QED) is 0.371. The van der Waals surface area contributed by atoms with E-state index in [1.807, 2.05) is 12.1 Å². The molecule has 0 aliphatic carbocycles. The Kier molecular flexibility index (Phi) is 5.91. The fraction of sp³-hybridized carbons (Fsp3) is 0.240. The topological polar surface area (TPSA) is 44.2 Å². The monoisotopic (exact) mass is 417 g/mol. The Hall–Kier alpha value is -3.05. The van der Waals surface area contributed by atoms with Crippen molar-refractivity contribution in [2.75, 3.05) is 11.9 Å². The van der Waals surface area contributed by atoms with Gasteiger partial charge >= 0.3 is 0 Å². The Morgan fingerprint density at radius 2 is 1.87 bits per heavy atom. The number of hydrogen-bond donors (Lipinski definition) is 2. The third-order valence-corrected chi connectivity index (χ3v) is 6.08. The lowest BCUT2D eigenvalue weighted by molar-refractivity contribution is 0.368. The number of hydrogen-bond acceptors (Lipinski definition) is 2. The van der Waals surface area contributed by atoms with Crippen molar-refractivity contribution in [1.29, 1.82) is 0 Å². The van der Waals surface area contributed by atoms with Crippen molar-refractivity contribution in [1.82, 2.24) is 9.88 Å². The largest absolute Gasteiger partial charge is 0.467 e. The number of aryl methyl sites for hydroxylation is 2. The molecule has 4 rings (SSSR count). The van der Waals surface area contributed by atoms with E-state index in [2.05, 4.69) is 78.4 Å². The van der Waals surface area contributed by atoms with E-state index in [1.54, 1.807) is 6.26 Å². The van der Waals surface area contributed by atoms with Crippen LogP contribution in [0.5, 0.6) is 0 Å². The van der Waals surface area contributed by atoms with Gasteiger partial charge in [0.05, 0.1) is 12.8 Å². The standard InChI is InChI=1S/C25H27N3OS/c1-17-8-6-12-23(18(17)2)27-25(30)28(16-20-9-7-15-29-20)14-13-21-19(3)26-24-11-5-4-10-22(21)24/h4-12,15,26H,13-14,16H2,1-3H3,(H,27,30). The molecule has 0 fully saturated rings. The smallest absolute Gasteiger partial charge is 0.173 e. The van der Waals surface area contributed by atoms with Gasteiger partial charge in [-0.25, -0.2) is 0 Å². The third-order valence-electron chi connectivity index (χ3n) is 5.72. The van der Waals surface area contributed by atoms with E-state index in [0.717, 1.165) is 24.4 Å². The Morgan fingerprint density at radius 1 is 1.03 bits per heavy atom. The Morgan fingerprint density at radius 3 is 2.67 bits per heavy atom. The zero-order valence-corrected chi connectivity index (χ0v) is 18.5. The maximum atomic E-state index is 5.82. The summed E-state index contributed by atoms with van der Waals surface area (Å²) in [6.45, 7) is 7.79. The highest BCUT2D eigenvalue weighted by atomic mass is 32.1. The number of H-pyrrole nitrogens is 1. The summed E-state index contributed by atoms with van der Waals surface area (Å²) < 4.78 is 5.60. The summed E-state index contributed by atoms with van der Waals surface area (Å²) in [7, 11) is 0. The van der Waals surface area contributed by atoms with E-state index in [1.165, 1.54) is 33.3 Å². The molecule has 0 saturated carbocycles. The normalized spacial score (nSPS) is 11.0. The molecule has 2 aromatic carbocycles. The van der Waals surface area contributed by atoms with Crippen LogP contribution in [0, 0.1) is 20.8 Å². The predicted molar refractivity (Wildman–Crippen MR) is 128 cm³/mol. The van der Waals surface area contributed by atoms with Gasteiger partial charge in [0, 0.05) is 28.8 Å². The lowest BCUT2D eigenvalue weighted by atomic mass is 10.1. The summed E-state index contributed by atoms with van der Waals surface area (Å²) in [5.74, 6) is 0.899. The number of aromatic amines is 1. The van der Waals surface area contributed by atoms with Crippen LogP contribution < -0.4 is 5.32 Å². The molecule has 154 valence electrons. The van der Waals surface area contributed by atoms with E-state index < -0.39 is 0 Å². The molecule has 0 atom stereocenters. The Bertz CT molecular complexity index is 1160. The van der Waals surface area contributed by atoms with Crippen molar-refractivity contribution >= 4 is 33.9 Å². The molecule has 2 heterocycles. The van der Waals surface area contributed by atoms with Crippen LogP contribution in [0.15, 0.2) is 65.3 Å². The summed E-state index contributed by atoms with van der Waals surface area (Å²) in [5, 5.41) is 5.44. The average molecular weight is 418 g/mol. The molecule has 0 saturated heterocycles. The molecular formula is C25H27N3OS. The van der Waals surface area contributed by atoms with E-state index in [0.29, 0.717) is 11.7 Å². The highest BCUT2D eigenvalue weighted by molar-refractivity contribution is 7.80. The number of fused-ring (bicyclic) bond motifs is 1. The summed E-state index contributed by atoms with van der Waals surface area (Å²) >= 11 is 5.82. The SMILES string of the molecule is Cc1cccc(NC(=S)N(CCc2c(C)[nH]c3ccccc23)Cc2ccco2)c1C. The summed E-state index contributed by atoms with van der Waals surface area (Å²) in [5.41, 5.74) is 7.23. The van der Waals surface area contributed by atoms with Crippen LogP contribution in [-0.2, 0) is 13.0 Å². The maximum Gasteiger partial charge on any atom is 0.173 e. The molecule has 4 aromatic rings. The zero-order valence-electron chi connectivity index (χ0n) is 17.7. The first-order valence-corrected chi connectivity index (χ1v) is 10.6. The van der Waals surface area contributed by atoms with Crippen molar-refractivity contribution < 1.29 is 4.42 Å². The van der Waals surface area contributed by atoms with Gasteiger partial charge in [-0.3, -0.25) is 0 Å². The number of para-hydroxylation sites is 1. The lowest BCUT2D eigenvalue weighted by Gasteiger charge is -2.26. The van der Waals surface area contributed by atoms with Gasteiger partial charge in [-0.15, -0.1) is 0 Å². The van der Waals surface area contributed by atoms with Crippen molar-refractivity contribution in [2.45, 2.75) is 33.7 Å². The molecule has 2 N–H and O–H groups in total. The van der Waals surface area contributed by atoms with Crippen LogP contribution >= 0.6 is 12.2 Å². The molecule has 0 radical (unpaired) electrons. The molecule has 0 unspecified atom stereocenters. The molecule has 0 aliphatic heterocycles. The molecule has 0 spiro atoms. The number of anilines is 1. The van der Waals surface area contributed by atoms with Crippen LogP contribution in [0.2, 0.25) is 0 Å². The van der Waals surface area contributed by atoms with Gasteiger partial charge in [0.15, 0.2) is 5.11 Å². The summed E-state index contributed by atoms with van der Waals surface area (Å²) in [6.07, 6.45) is 2.60. The van der Waals surface area contributed by atoms with Crippen LogP contribution in [0.4, 0.5) is 5.69 Å². The van der Waals surface area contributed by atoms with Gasteiger partial charge in [-0.1, -0.05) is 30.3 Å². The van der Waals surface area contributed by atoms with E-state index in [-0.39, 0.29) is 0 Å². The first-order valence-electron chi connectivity index (χ1n) is 10.2. The summed E-state index contributed by atoms with van der Waals surface area (Å²) in [6, 6.07) is 18.6. The second-order valence-corrected chi connectivity index (χ2v) is 8.09. The summed E-state index contributed by atoms with van der Waals surface area (Å²) in [4.78, 5) is 5.67. The molecular weight excluding hydrogens is 390 g/mol. The van der Waals surface area contributed by atoms with Gasteiger partial charge in [0.1, 0.15) is 5.76 Å². The second kappa shape index (κ2) is 8.76. The molecule has 30 heavy (non-hydrogen) atoms. The molecule has 0 aliphatic rings. The Balaban J connectivity index is 1.55. The molecule has 5 heteroatoms. The Labute approximate surface area is 182 Å². The first kappa shape index (κ1) is 20.2. The van der Waals surface area contributed by atoms with Crippen LogP contribution in [0.1, 0.15) is 28.1 Å². The van der Waals surface area contributed by atoms with Gasteiger partial charge in [0.25, 0.3) is 0 Å². The highest BCUT2D eigenvalue weighted by Crippen LogP contribution is 2.23. The third kappa shape index (κ3) is 4.26. The molecule has 4 nitrogen and oxygen atoms in total. The van der Waals surface area contributed by atoms with Crippen molar-refractivity contribution in [3.05, 3.63) is 89.0 Å². The van der Waals surface area contributed by atoms with E-state index in [4.69, 9.17) is 16.6 Å². The van der Waals surface area contributed by atoms with Gasteiger partial charge in [0.2, 0.25) is 0 Å². The van der Waals surface area contributed by atoms with Crippen molar-refractivity contribution in [3.63, 3.8) is 0 Å². The highest BCUT2D eigenvalue weighted by Gasteiger charge is 2.16. The number of furan rings is 1. The second-order valence-electron chi connectivity index (χ2n) is 7.70. The number of rotatable bonds is 6. The maximum absolute atomic E-state index is 5.82. The minimum Gasteiger partial charge on any atom is -0.467 e. The number of aromatic nitrogens is 1. The minimum absolute atomic E-state index is 0.630. The van der Waals surface area contributed by atoms with Crippen LogP contribution in [0.25, 0.3) is 10.9 Å². The molecule has 0 bridgehead atoms. The minimum atomic E-state index is 0.630. The van der Waals surface area contributed by atoms with Gasteiger partial charge < -0.3 is 19.6 Å². The van der Waals surface area contributed by atoms with Crippen molar-refractivity contribution in [2.24, 2.45) is 0 Å². The van der Waals surface area contributed by atoms with Crippen LogP contribution in [-0.4, -0.2) is 21.5 Å². The fourth-order valence-corrected chi connectivity index (χ4v) is 4.09. The van der Waals surface area contributed by atoms with E-state index >= 15 is 0 Å².